The topological polar surface area (TPSA) is 38.8 Å². The number of likely N-dealkylation sites (tertiary alicyclic amines) is 1. The highest BCUT2D eigenvalue weighted by molar-refractivity contribution is 7.81. The second-order valence-corrected chi connectivity index (χ2v) is 5.77. The van der Waals surface area contributed by atoms with E-state index in [2.05, 4.69) is 17.4 Å². The lowest BCUT2D eigenvalue weighted by Crippen LogP contribution is -2.38. The molecule has 1 aliphatic rings. The van der Waals surface area contributed by atoms with Crippen LogP contribution in [0.25, 0.3) is 0 Å². The summed E-state index contributed by atoms with van der Waals surface area (Å²) in [6.45, 7) is 0.347. The quantitative estimate of drug-likeness (QED) is 0.679. The lowest BCUT2D eigenvalue weighted by Gasteiger charge is -2.22. The third-order valence-corrected chi connectivity index (χ3v) is 3.83. The number of halogens is 3. The summed E-state index contributed by atoms with van der Waals surface area (Å²) in [5, 5.41) is 0.00713. The molecule has 0 saturated carbocycles. The molecule has 0 N–H and O–H groups in total. The van der Waals surface area contributed by atoms with Gasteiger partial charge in [0.05, 0.1) is 26.4 Å². The first-order valence-electron chi connectivity index (χ1n) is 6.66. The number of carbonyl (C=O) groups is 1. The summed E-state index contributed by atoms with van der Waals surface area (Å²) in [7, 11) is 1.28. The molecule has 0 aromatic heterocycles. The van der Waals surface area contributed by atoms with Gasteiger partial charge in [-0.1, -0.05) is 0 Å². The molecule has 1 heterocycles. The van der Waals surface area contributed by atoms with Gasteiger partial charge in [0.25, 0.3) is 0 Å². The molecular formula is C14H16F3NO3S. The standard InChI is InChI=1S/C14H16F3NO3S/c1-20-14(19)18-5-10(22)3-9(18)7-21-6-8-2-12(16)13(17)4-11(8)15/h2,4,9-10,22H,3,5-7H2,1H3/t9-,10+/m0/s1. The molecular weight excluding hydrogens is 319 g/mol. The summed E-state index contributed by atoms with van der Waals surface area (Å²) in [5.41, 5.74) is -0.0797. The Morgan fingerprint density at radius 2 is 2.00 bits per heavy atom. The molecule has 2 atom stereocenters. The number of ether oxygens (including phenoxy) is 2. The zero-order valence-corrected chi connectivity index (χ0v) is 12.8. The Balaban J connectivity index is 1.93. The van der Waals surface area contributed by atoms with E-state index in [9.17, 15) is 18.0 Å². The van der Waals surface area contributed by atoms with E-state index in [4.69, 9.17) is 4.74 Å². The summed E-state index contributed by atoms with van der Waals surface area (Å²) in [4.78, 5) is 13.1. The molecule has 0 aliphatic carbocycles. The smallest absolute Gasteiger partial charge is 0.409 e. The Bertz CT molecular complexity index is 558. The van der Waals surface area contributed by atoms with Crippen LogP contribution in [0.5, 0.6) is 0 Å². The van der Waals surface area contributed by atoms with Crippen LogP contribution in [0, 0.1) is 17.5 Å². The Kier molecular flexibility index (Phi) is 5.57. The highest BCUT2D eigenvalue weighted by atomic mass is 32.1. The summed E-state index contributed by atoms with van der Waals surface area (Å²) >= 11 is 4.32. The first-order chi connectivity index (χ1) is 10.4. The zero-order valence-electron chi connectivity index (χ0n) is 11.9. The van der Waals surface area contributed by atoms with E-state index in [0.717, 1.165) is 6.07 Å². The van der Waals surface area contributed by atoms with Crippen LogP contribution in [-0.2, 0) is 16.1 Å². The number of methoxy groups -OCH3 is 1. The Morgan fingerprint density at radius 1 is 1.32 bits per heavy atom. The molecule has 1 amide bonds. The van der Waals surface area contributed by atoms with Crippen molar-refractivity contribution < 1.29 is 27.4 Å². The number of carbonyl (C=O) groups excluding carboxylic acids is 1. The van der Waals surface area contributed by atoms with Crippen molar-refractivity contribution in [3.05, 3.63) is 35.1 Å². The fourth-order valence-corrected chi connectivity index (χ4v) is 2.79. The average molecular weight is 335 g/mol. The van der Waals surface area contributed by atoms with Crippen molar-refractivity contribution in [1.29, 1.82) is 0 Å². The van der Waals surface area contributed by atoms with E-state index >= 15 is 0 Å². The molecule has 0 unspecified atom stereocenters. The highest BCUT2D eigenvalue weighted by Gasteiger charge is 2.34. The van der Waals surface area contributed by atoms with Gasteiger partial charge < -0.3 is 14.4 Å². The molecule has 1 fully saturated rings. The van der Waals surface area contributed by atoms with E-state index in [0.29, 0.717) is 19.0 Å². The van der Waals surface area contributed by atoms with Gasteiger partial charge in [0.15, 0.2) is 11.6 Å². The Morgan fingerprint density at radius 3 is 2.68 bits per heavy atom. The number of hydrogen-bond donors (Lipinski definition) is 1. The van der Waals surface area contributed by atoms with Crippen molar-refractivity contribution in [3.8, 4) is 0 Å². The van der Waals surface area contributed by atoms with E-state index in [1.807, 2.05) is 0 Å². The second kappa shape index (κ2) is 7.23. The summed E-state index contributed by atoms with van der Waals surface area (Å²) < 4.78 is 49.4. The third-order valence-electron chi connectivity index (χ3n) is 3.46. The van der Waals surface area contributed by atoms with E-state index < -0.39 is 23.5 Å². The lowest BCUT2D eigenvalue weighted by atomic mass is 10.2. The molecule has 1 saturated heterocycles. The van der Waals surface area contributed by atoms with Gasteiger partial charge in [0.1, 0.15) is 5.82 Å². The SMILES string of the molecule is COC(=O)N1C[C@H](S)C[C@H]1COCc1cc(F)c(F)cc1F. The number of hydrogen-bond acceptors (Lipinski definition) is 4. The van der Waals surface area contributed by atoms with Crippen LogP contribution in [-0.4, -0.2) is 42.5 Å². The van der Waals surface area contributed by atoms with Gasteiger partial charge in [0.2, 0.25) is 0 Å². The third kappa shape index (κ3) is 3.86. The largest absolute Gasteiger partial charge is 0.453 e. The minimum atomic E-state index is -1.24. The van der Waals surface area contributed by atoms with Crippen LogP contribution in [0.15, 0.2) is 12.1 Å². The molecule has 2 rings (SSSR count). The van der Waals surface area contributed by atoms with E-state index in [1.165, 1.54) is 12.0 Å². The monoisotopic (exact) mass is 335 g/mol. The van der Waals surface area contributed by atoms with Gasteiger partial charge in [-0.25, -0.2) is 18.0 Å². The Labute approximate surface area is 131 Å². The number of thiol groups is 1. The molecule has 22 heavy (non-hydrogen) atoms. The van der Waals surface area contributed by atoms with Gasteiger partial charge in [-0.15, -0.1) is 0 Å². The van der Waals surface area contributed by atoms with Gasteiger partial charge in [0, 0.05) is 23.4 Å². The first-order valence-corrected chi connectivity index (χ1v) is 7.17. The Hall–Kier alpha value is -1.41. The maximum Gasteiger partial charge on any atom is 0.409 e. The van der Waals surface area contributed by atoms with Crippen LogP contribution >= 0.6 is 12.6 Å². The van der Waals surface area contributed by atoms with Gasteiger partial charge >= 0.3 is 6.09 Å². The molecule has 1 aromatic carbocycles. The predicted octanol–water partition coefficient (Wildman–Crippen LogP) is 2.76. The van der Waals surface area contributed by atoms with Crippen molar-refractivity contribution in [2.24, 2.45) is 0 Å². The van der Waals surface area contributed by atoms with Crippen LogP contribution in [0.2, 0.25) is 0 Å². The van der Waals surface area contributed by atoms with Crippen LogP contribution in [0.1, 0.15) is 12.0 Å². The predicted molar refractivity (Wildman–Crippen MR) is 76.3 cm³/mol. The second-order valence-electron chi connectivity index (χ2n) is 5.04. The lowest BCUT2D eigenvalue weighted by molar-refractivity contribution is 0.0575. The minimum Gasteiger partial charge on any atom is -0.453 e. The van der Waals surface area contributed by atoms with Crippen molar-refractivity contribution in [2.45, 2.75) is 24.3 Å². The molecule has 0 spiro atoms. The number of nitrogens with zero attached hydrogens (tertiary/aromatic N) is 1. The highest BCUT2D eigenvalue weighted by Crippen LogP contribution is 2.23. The zero-order chi connectivity index (χ0) is 16.3. The molecule has 0 radical (unpaired) electrons. The summed E-state index contributed by atoms with van der Waals surface area (Å²) in [5.74, 6) is -3.25. The molecule has 0 bridgehead atoms. The van der Waals surface area contributed by atoms with Gasteiger partial charge in [-0.05, 0) is 12.5 Å². The summed E-state index contributed by atoms with van der Waals surface area (Å²) in [6, 6.07) is 0.996. The fraction of sp³-hybridized carbons (Fsp3) is 0.500. The first kappa shape index (κ1) is 17.0. The number of benzene rings is 1. The van der Waals surface area contributed by atoms with Gasteiger partial charge in [-0.2, -0.15) is 12.6 Å². The molecule has 1 aromatic rings. The fourth-order valence-electron chi connectivity index (χ4n) is 2.37. The molecule has 1 aliphatic heterocycles. The van der Waals surface area contributed by atoms with Crippen molar-refractivity contribution in [2.75, 3.05) is 20.3 Å². The molecule has 4 nitrogen and oxygen atoms in total. The van der Waals surface area contributed by atoms with Crippen LogP contribution in [0.4, 0.5) is 18.0 Å². The maximum atomic E-state index is 13.5. The number of rotatable bonds is 4. The number of amides is 1. The van der Waals surface area contributed by atoms with Crippen molar-refractivity contribution in [3.63, 3.8) is 0 Å². The maximum absolute atomic E-state index is 13.5. The molecule has 8 heteroatoms. The van der Waals surface area contributed by atoms with E-state index in [-0.39, 0.29) is 30.1 Å². The van der Waals surface area contributed by atoms with E-state index in [1.54, 1.807) is 0 Å². The minimum absolute atomic E-state index is 0.00713. The van der Waals surface area contributed by atoms with Crippen molar-refractivity contribution >= 4 is 18.7 Å². The summed E-state index contributed by atoms with van der Waals surface area (Å²) in [6.07, 6.45) is 0.127. The average Bonchev–Trinajstić information content (AvgIpc) is 2.84. The molecule has 122 valence electrons. The van der Waals surface area contributed by atoms with Gasteiger partial charge in [-0.3, -0.25) is 0 Å². The van der Waals surface area contributed by atoms with Crippen molar-refractivity contribution in [1.82, 2.24) is 4.90 Å². The van der Waals surface area contributed by atoms with Crippen LogP contribution in [0.3, 0.4) is 0 Å². The van der Waals surface area contributed by atoms with Crippen LogP contribution < -0.4 is 0 Å². The normalized spacial score (nSPS) is 21.2.